The van der Waals surface area contributed by atoms with Crippen LogP contribution in [0.15, 0.2) is 28.8 Å². The number of carboxylic acid groups (broad SMARTS) is 1. The van der Waals surface area contributed by atoms with Gasteiger partial charge in [-0.05, 0) is 11.4 Å². The molecule has 138 valence electrons. The average Bonchev–Trinajstić information content (AvgIpc) is 3.09. The van der Waals surface area contributed by atoms with Crippen LogP contribution in [0, 0.1) is 0 Å². The first-order valence-electron chi connectivity index (χ1n) is 7.71. The molecule has 1 saturated heterocycles. The quantitative estimate of drug-likeness (QED) is 0.287. The van der Waals surface area contributed by atoms with E-state index in [9.17, 15) is 24.3 Å². The fourth-order valence-corrected chi connectivity index (χ4v) is 4.80. The predicted octanol–water partition coefficient (Wildman–Crippen LogP) is -3.74. The molecule has 0 bridgehead atoms. The molecule has 0 aliphatic carbocycles. The van der Waals surface area contributed by atoms with Crippen molar-refractivity contribution in [3.8, 4) is 0 Å². The molecule has 3 heterocycles. The minimum atomic E-state index is -1.51. The third kappa shape index (κ3) is 4.75. The molecule has 27 heavy (non-hydrogen) atoms. The Balaban J connectivity index is 0.00000261. The van der Waals surface area contributed by atoms with Crippen molar-refractivity contribution in [3.05, 3.63) is 33.7 Å². The Bertz CT molecular complexity index is 795. The molecule has 0 spiro atoms. The van der Waals surface area contributed by atoms with Gasteiger partial charge in [-0.2, -0.15) is 0 Å². The fourth-order valence-electron chi connectivity index (χ4n) is 2.77. The molecule has 1 N–H and O–H groups in total. The first kappa shape index (κ1) is 22.0. The second-order valence-corrected chi connectivity index (χ2v) is 7.87. The number of nitrogens with zero attached hydrogens (tertiary/aromatic N) is 1. The van der Waals surface area contributed by atoms with Gasteiger partial charge in [-0.1, -0.05) is 6.07 Å². The molecule has 0 aromatic carbocycles. The number of thiophene rings is 1. The summed E-state index contributed by atoms with van der Waals surface area (Å²) in [6.07, 6.45) is 0.166. The molecule has 3 rings (SSSR count). The standard InChI is InChI=1S/C16H16N2O6S2.Na/c1-8(19)24-6-9-7-26-15-12(14(21)18(15)13(9)16(22)23)17-11(20)5-10-3-2-4-25-10;/h2-4,12,15H,5-7H2,1H3,(H,17,20)(H,22,23);/q;+1/p-1/t12-,15?;/m0./s1. The molecule has 2 aliphatic heterocycles. The van der Waals surface area contributed by atoms with E-state index in [1.54, 1.807) is 0 Å². The van der Waals surface area contributed by atoms with Gasteiger partial charge in [0, 0.05) is 23.1 Å². The van der Waals surface area contributed by atoms with Gasteiger partial charge in [-0.25, -0.2) is 0 Å². The Morgan fingerprint density at radius 2 is 2.15 bits per heavy atom. The zero-order valence-electron chi connectivity index (χ0n) is 14.7. The van der Waals surface area contributed by atoms with Crippen LogP contribution in [-0.4, -0.2) is 52.4 Å². The molecule has 2 aliphatic rings. The van der Waals surface area contributed by atoms with E-state index in [1.165, 1.54) is 30.0 Å². The van der Waals surface area contributed by atoms with E-state index >= 15 is 0 Å². The normalized spacial score (nSPS) is 20.9. The molecule has 1 aromatic heterocycles. The van der Waals surface area contributed by atoms with E-state index < -0.39 is 29.3 Å². The van der Waals surface area contributed by atoms with Crippen LogP contribution in [0.3, 0.4) is 0 Å². The molecule has 0 saturated carbocycles. The van der Waals surface area contributed by atoms with Crippen LogP contribution < -0.4 is 40.0 Å². The van der Waals surface area contributed by atoms with Crippen molar-refractivity contribution in [2.24, 2.45) is 0 Å². The Labute approximate surface area is 185 Å². The number of hydrogen-bond donors (Lipinski definition) is 1. The minimum absolute atomic E-state index is 0. The van der Waals surface area contributed by atoms with E-state index in [-0.39, 0.29) is 59.9 Å². The topological polar surface area (TPSA) is 116 Å². The van der Waals surface area contributed by atoms with Crippen molar-refractivity contribution in [1.82, 2.24) is 10.2 Å². The third-order valence-corrected chi connectivity index (χ3v) is 6.14. The first-order valence-corrected chi connectivity index (χ1v) is 9.64. The number of fused-ring (bicyclic) bond motifs is 1. The molecule has 2 atom stereocenters. The number of carbonyl (C=O) groups excluding carboxylic acids is 4. The molecule has 1 unspecified atom stereocenters. The maximum atomic E-state index is 12.4. The van der Waals surface area contributed by atoms with Gasteiger partial charge < -0.3 is 20.0 Å². The summed E-state index contributed by atoms with van der Waals surface area (Å²) in [4.78, 5) is 48.9. The second kappa shape index (κ2) is 9.24. The van der Waals surface area contributed by atoms with Crippen molar-refractivity contribution < 1.29 is 58.6 Å². The maximum Gasteiger partial charge on any atom is 1.00 e. The van der Waals surface area contributed by atoms with Crippen LogP contribution in [-0.2, 0) is 30.3 Å². The Kier molecular flexibility index (Phi) is 7.52. The second-order valence-electron chi connectivity index (χ2n) is 5.73. The summed E-state index contributed by atoms with van der Waals surface area (Å²) in [5.41, 5.74) is 0.0296. The number of carboxylic acids is 1. The zero-order valence-corrected chi connectivity index (χ0v) is 18.4. The number of esters is 1. The number of hydrogen-bond acceptors (Lipinski definition) is 8. The van der Waals surface area contributed by atoms with Crippen LogP contribution >= 0.6 is 23.1 Å². The van der Waals surface area contributed by atoms with Crippen LogP contribution in [0.4, 0.5) is 0 Å². The summed E-state index contributed by atoms with van der Waals surface area (Å²) in [5.74, 6) is -2.59. The summed E-state index contributed by atoms with van der Waals surface area (Å²) in [5, 5.41) is 15.5. The fraction of sp³-hybridized carbons (Fsp3) is 0.375. The van der Waals surface area contributed by atoms with Crippen molar-refractivity contribution in [2.75, 3.05) is 12.4 Å². The number of ether oxygens (including phenoxy) is 1. The average molecular weight is 418 g/mol. The van der Waals surface area contributed by atoms with E-state index in [1.807, 2.05) is 17.5 Å². The number of carbonyl (C=O) groups is 4. The Morgan fingerprint density at radius 1 is 1.41 bits per heavy atom. The van der Waals surface area contributed by atoms with Gasteiger partial charge >= 0.3 is 35.5 Å². The number of thioether (sulfide) groups is 1. The van der Waals surface area contributed by atoms with Crippen molar-refractivity contribution in [3.63, 3.8) is 0 Å². The number of rotatable bonds is 6. The van der Waals surface area contributed by atoms with E-state index in [2.05, 4.69) is 5.32 Å². The van der Waals surface area contributed by atoms with Gasteiger partial charge in [0.2, 0.25) is 5.91 Å². The molecular formula is C16H15N2NaO6S2. The number of β-lactam (4-membered cyclic amide) rings is 1. The van der Waals surface area contributed by atoms with Crippen LogP contribution in [0.25, 0.3) is 0 Å². The van der Waals surface area contributed by atoms with Gasteiger partial charge in [0.15, 0.2) is 0 Å². The summed E-state index contributed by atoms with van der Waals surface area (Å²) < 4.78 is 4.85. The molecule has 11 heteroatoms. The summed E-state index contributed by atoms with van der Waals surface area (Å²) in [6.45, 7) is 1.00. The van der Waals surface area contributed by atoms with Gasteiger partial charge in [0.05, 0.1) is 18.1 Å². The van der Waals surface area contributed by atoms with Crippen LogP contribution in [0.2, 0.25) is 0 Å². The van der Waals surface area contributed by atoms with Gasteiger partial charge in [-0.15, -0.1) is 23.1 Å². The van der Waals surface area contributed by atoms with Crippen molar-refractivity contribution in [1.29, 1.82) is 0 Å². The zero-order chi connectivity index (χ0) is 18.8. The molecule has 1 aromatic rings. The van der Waals surface area contributed by atoms with Crippen molar-refractivity contribution in [2.45, 2.75) is 24.8 Å². The van der Waals surface area contributed by atoms with E-state index in [0.29, 0.717) is 5.57 Å². The van der Waals surface area contributed by atoms with Gasteiger partial charge in [-0.3, -0.25) is 19.3 Å². The number of amides is 2. The molecule has 8 nitrogen and oxygen atoms in total. The third-order valence-electron chi connectivity index (χ3n) is 3.92. The van der Waals surface area contributed by atoms with Gasteiger partial charge in [0.1, 0.15) is 18.0 Å². The van der Waals surface area contributed by atoms with Crippen molar-refractivity contribution >= 4 is 46.9 Å². The largest absolute Gasteiger partial charge is 1.00 e. The Hall–Kier alpha value is -1.33. The summed E-state index contributed by atoms with van der Waals surface area (Å²) >= 11 is 2.75. The maximum absolute atomic E-state index is 12.4. The van der Waals surface area contributed by atoms with Crippen LogP contribution in [0.5, 0.6) is 0 Å². The monoisotopic (exact) mass is 418 g/mol. The molecule has 1 fully saturated rings. The molecule has 0 radical (unpaired) electrons. The van der Waals surface area contributed by atoms with Crippen LogP contribution in [0.1, 0.15) is 11.8 Å². The summed E-state index contributed by atoms with van der Waals surface area (Å²) in [6, 6.07) is 2.88. The first-order chi connectivity index (χ1) is 12.4. The van der Waals surface area contributed by atoms with E-state index in [4.69, 9.17) is 4.74 Å². The molecule has 2 amide bonds. The Morgan fingerprint density at radius 3 is 2.74 bits per heavy atom. The minimum Gasteiger partial charge on any atom is -0.543 e. The SMILES string of the molecule is CC(=O)OCC1=C(C(=O)[O-])N2C(=O)[C@H](NC(=O)Cc3cccs3)C2SC1.[Na+]. The van der Waals surface area contributed by atoms with Gasteiger partial charge in [0.25, 0.3) is 5.91 Å². The number of nitrogens with one attached hydrogen (secondary N) is 1. The number of aliphatic carboxylic acids is 1. The predicted molar refractivity (Wildman–Crippen MR) is 91.7 cm³/mol. The van der Waals surface area contributed by atoms with E-state index in [0.717, 1.165) is 9.78 Å². The smallest absolute Gasteiger partial charge is 0.543 e. The molecular weight excluding hydrogens is 403 g/mol. The summed E-state index contributed by atoms with van der Waals surface area (Å²) in [7, 11) is 0.